The van der Waals surface area contributed by atoms with Gasteiger partial charge in [0.2, 0.25) is 15.9 Å². The second kappa shape index (κ2) is 6.36. The number of ether oxygens (including phenoxy) is 1. The number of anilines is 2. The first kappa shape index (κ1) is 17.2. The number of methoxy groups -OCH3 is 1. The van der Waals surface area contributed by atoms with Gasteiger partial charge in [0.05, 0.1) is 25.0 Å². The van der Waals surface area contributed by atoms with Gasteiger partial charge in [-0.2, -0.15) is 5.10 Å². The Kier molecular flexibility index (Phi) is 4.38. The quantitative estimate of drug-likeness (QED) is 0.821. The number of nitrogens with zero attached hydrogens (tertiary/aromatic N) is 3. The van der Waals surface area contributed by atoms with Crippen LogP contribution in [-0.4, -0.2) is 42.5 Å². The van der Waals surface area contributed by atoms with Crippen LogP contribution in [0.3, 0.4) is 0 Å². The molecule has 1 aliphatic heterocycles. The van der Waals surface area contributed by atoms with E-state index >= 15 is 0 Å². The fraction of sp³-hybridized carbons (Fsp3) is 0.400. The van der Waals surface area contributed by atoms with Crippen molar-refractivity contribution in [1.82, 2.24) is 14.8 Å². The number of carbonyl (C=O) groups is 1. The molecular weight excluding hydrogens is 346 g/mol. The van der Waals surface area contributed by atoms with Crippen LogP contribution in [0, 0.1) is 0 Å². The zero-order chi connectivity index (χ0) is 18.2. The molecule has 2 aromatic rings. The lowest BCUT2D eigenvalue weighted by Crippen LogP contribution is -2.26. The van der Waals surface area contributed by atoms with Crippen LogP contribution in [0.5, 0.6) is 5.75 Å². The van der Waals surface area contributed by atoms with E-state index < -0.39 is 10.0 Å². The van der Waals surface area contributed by atoms with E-state index in [4.69, 9.17) is 4.74 Å². The lowest BCUT2D eigenvalue weighted by atomic mass is 9.89. The highest BCUT2D eigenvalue weighted by Gasteiger charge is 2.31. The molecule has 2 N–H and O–H groups in total. The van der Waals surface area contributed by atoms with Gasteiger partial charge in [-0.25, -0.2) is 18.1 Å². The predicted octanol–water partition coefficient (Wildman–Crippen LogP) is 1.15. The average Bonchev–Trinajstić information content (AvgIpc) is 3.00. The summed E-state index contributed by atoms with van der Waals surface area (Å²) < 4.78 is 32.7. The molecule has 9 nitrogen and oxygen atoms in total. The zero-order valence-corrected chi connectivity index (χ0v) is 14.9. The van der Waals surface area contributed by atoms with Crippen molar-refractivity contribution in [1.29, 1.82) is 0 Å². The second-order valence-electron chi connectivity index (χ2n) is 5.75. The molecule has 3 rings (SSSR count). The van der Waals surface area contributed by atoms with Crippen LogP contribution in [-0.2, 0) is 21.4 Å². The number of fused-ring (bicyclic) bond motifs is 1. The Hall–Kier alpha value is -2.62. The molecule has 10 heteroatoms. The van der Waals surface area contributed by atoms with E-state index in [-0.39, 0.29) is 18.2 Å². The Morgan fingerprint density at radius 2 is 2.20 bits per heavy atom. The first-order chi connectivity index (χ1) is 11.8. The average molecular weight is 365 g/mol. The maximum absolute atomic E-state index is 12.1. The van der Waals surface area contributed by atoms with Gasteiger partial charge < -0.3 is 10.1 Å². The number of aryl methyl sites for hydroxylation is 1. The van der Waals surface area contributed by atoms with Crippen molar-refractivity contribution in [2.45, 2.75) is 25.8 Å². The van der Waals surface area contributed by atoms with Crippen LogP contribution >= 0.6 is 0 Å². The molecule has 1 aromatic heterocycles. The van der Waals surface area contributed by atoms with E-state index in [1.807, 2.05) is 6.92 Å². The number of amides is 1. The normalized spacial score (nSPS) is 16.9. The van der Waals surface area contributed by atoms with Gasteiger partial charge in [0.25, 0.3) is 0 Å². The van der Waals surface area contributed by atoms with Crippen molar-refractivity contribution >= 4 is 27.3 Å². The third-order valence-electron chi connectivity index (χ3n) is 3.96. The number of hydrogen-bond donors (Lipinski definition) is 2. The van der Waals surface area contributed by atoms with Crippen molar-refractivity contribution in [2.75, 3.05) is 23.4 Å². The summed E-state index contributed by atoms with van der Waals surface area (Å²) in [6.45, 7) is 2.56. The summed E-state index contributed by atoms with van der Waals surface area (Å²) in [5, 5.41) is 6.96. The number of benzene rings is 1. The predicted molar refractivity (Wildman–Crippen MR) is 92.2 cm³/mol. The van der Waals surface area contributed by atoms with Crippen molar-refractivity contribution in [3.63, 3.8) is 0 Å². The van der Waals surface area contributed by atoms with Gasteiger partial charge in [0.15, 0.2) is 0 Å². The summed E-state index contributed by atoms with van der Waals surface area (Å²) in [5.74, 6) is 0.516. The van der Waals surface area contributed by atoms with Crippen molar-refractivity contribution in [3.05, 3.63) is 29.8 Å². The maximum Gasteiger partial charge on any atom is 0.229 e. The van der Waals surface area contributed by atoms with Crippen LogP contribution in [0.1, 0.15) is 30.7 Å². The van der Waals surface area contributed by atoms with Crippen molar-refractivity contribution < 1.29 is 17.9 Å². The third-order valence-corrected chi connectivity index (χ3v) is 4.55. The van der Waals surface area contributed by atoms with Gasteiger partial charge in [-0.15, -0.1) is 0 Å². The Bertz CT molecular complexity index is 922. The van der Waals surface area contributed by atoms with Gasteiger partial charge >= 0.3 is 0 Å². The molecule has 25 heavy (non-hydrogen) atoms. The van der Waals surface area contributed by atoms with E-state index in [9.17, 15) is 13.2 Å². The van der Waals surface area contributed by atoms with E-state index in [0.29, 0.717) is 29.5 Å². The minimum Gasteiger partial charge on any atom is -0.494 e. The monoisotopic (exact) mass is 365 g/mol. The number of aromatic nitrogens is 3. The molecule has 0 radical (unpaired) electrons. The summed E-state index contributed by atoms with van der Waals surface area (Å²) in [4.78, 5) is 16.4. The molecule has 1 atom stereocenters. The van der Waals surface area contributed by atoms with Crippen LogP contribution in [0.4, 0.5) is 11.4 Å². The van der Waals surface area contributed by atoms with Crippen LogP contribution in [0.2, 0.25) is 0 Å². The fourth-order valence-electron chi connectivity index (χ4n) is 2.96. The molecule has 0 saturated carbocycles. The van der Waals surface area contributed by atoms with Crippen LogP contribution < -0.4 is 14.8 Å². The van der Waals surface area contributed by atoms with Gasteiger partial charge in [0.1, 0.15) is 17.9 Å². The van der Waals surface area contributed by atoms with E-state index in [0.717, 1.165) is 11.8 Å². The summed E-state index contributed by atoms with van der Waals surface area (Å²) in [7, 11) is -2.05. The molecule has 0 unspecified atom stereocenters. The minimum absolute atomic E-state index is 0.144. The lowest BCUT2D eigenvalue weighted by Gasteiger charge is -2.27. The van der Waals surface area contributed by atoms with Crippen molar-refractivity contribution in [2.24, 2.45) is 0 Å². The Balaban J connectivity index is 2.15. The summed E-state index contributed by atoms with van der Waals surface area (Å²) in [5.41, 5.74) is 1.64. The van der Waals surface area contributed by atoms with Crippen molar-refractivity contribution in [3.8, 4) is 5.75 Å². The molecule has 1 aliphatic rings. The number of hydrogen-bond acceptors (Lipinski definition) is 6. The molecule has 1 amide bonds. The molecule has 1 aromatic carbocycles. The Morgan fingerprint density at radius 3 is 2.84 bits per heavy atom. The molecule has 0 saturated heterocycles. The zero-order valence-electron chi connectivity index (χ0n) is 14.1. The van der Waals surface area contributed by atoms with Gasteiger partial charge in [0, 0.05) is 24.7 Å². The highest BCUT2D eigenvalue weighted by molar-refractivity contribution is 7.92. The van der Waals surface area contributed by atoms with Gasteiger partial charge in [-0.3, -0.25) is 9.52 Å². The molecule has 0 bridgehead atoms. The molecule has 0 fully saturated rings. The smallest absolute Gasteiger partial charge is 0.229 e. The fourth-order valence-corrected chi connectivity index (χ4v) is 3.51. The highest BCUT2D eigenvalue weighted by atomic mass is 32.2. The number of nitrogens with one attached hydrogen (secondary N) is 2. The summed E-state index contributed by atoms with van der Waals surface area (Å²) in [6, 6.07) is 3.29. The molecule has 2 heterocycles. The summed E-state index contributed by atoms with van der Waals surface area (Å²) in [6.07, 6.45) is 2.72. The van der Waals surface area contributed by atoms with E-state index in [1.54, 1.807) is 16.8 Å². The maximum atomic E-state index is 12.1. The Morgan fingerprint density at radius 1 is 1.44 bits per heavy atom. The number of rotatable bonds is 5. The topological polar surface area (TPSA) is 115 Å². The minimum atomic E-state index is -3.48. The largest absolute Gasteiger partial charge is 0.494 e. The van der Waals surface area contributed by atoms with E-state index in [2.05, 4.69) is 20.1 Å². The van der Waals surface area contributed by atoms with Crippen LogP contribution in [0.15, 0.2) is 18.5 Å². The Labute approximate surface area is 145 Å². The molecule has 0 aliphatic carbocycles. The second-order valence-corrected chi connectivity index (χ2v) is 7.50. The number of sulfonamides is 1. The van der Waals surface area contributed by atoms with E-state index in [1.165, 1.54) is 13.4 Å². The third kappa shape index (κ3) is 3.43. The first-order valence-electron chi connectivity index (χ1n) is 7.69. The highest BCUT2D eigenvalue weighted by Crippen LogP contribution is 2.41. The lowest BCUT2D eigenvalue weighted by molar-refractivity contribution is -0.116. The number of carbonyl (C=O) groups excluding carboxylic acids is 1. The molecule has 0 spiro atoms. The molecule has 134 valence electrons. The van der Waals surface area contributed by atoms with Crippen LogP contribution in [0.25, 0.3) is 0 Å². The standard InChI is InChI=1S/C15H19N5O4S/c1-4-20-15(16-8-17-20)10-6-14(21)18-11-7-13(24-2)12(5-9(10)11)19-25(3,22)23/h5,7-8,10,19H,4,6H2,1-3H3,(H,18,21)/t10-/m1/s1. The van der Waals surface area contributed by atoms with Gasteiger partial charge in [-0.1, -0.05) is 0 Å². The SMILES string of the molecule is CCn1ncnc1[C@@H]1CC(=O)Nc2cc(OC)c(NS(C)(=O)=O)cc21. The first-order valence-corrected chi connectivity index (χ1v) is 9.58. The summed E-state index contributed by atoms with van der Waals surface area (Å²) >= 11 is 0. The van der Waals surface area contributed by atoms with Gasteiger partial charge in [-0.05, 0) is 18.6 Å². The molecular formula is C15H19N5O4S.